The number of imidazole rings is 1. The zero-order valence-corrected chi connectivity index (χ0v) is 20.5. The first kappa shape index (κ1) is 23.7. The second-order valence-corrected chi connectivity index (χ2v) is 10.8. The van der Waals surface area contributed by atoms with Gasteiger partial charge in [0.2, 0.25) is 15.9 Å². The van der Waals surface area contributed by atoms with Crippen molar-refractivity contribution in [2.24, 2.45) is 0 Å². The molecule has 178 valence electrons. The third kappa shape index (κ3) is 4.93. The lowest BCUT2D eigenvalue weighted by molar-refractivity contribution is -0.113. The molecular weight excluding hydrogens is 464 g/mol. The molecule has 0 radical (unpaired) electrons. The van der Waals surface area contributed by atoms with Crippen LogP contribution >= 0.6 is 11.8 Å². The number of aryl methyl sites for hydroxylation is 1. The Kier molecular flexibility index (Phi) is 7.07. The van der Waals surface area contributed by atoms with Crippen molar-refractivity contribution < 1.29 is 17.9 Å². The van der Waals surface area contributed by atoms with Gasteiger partial charge in [0.25, 0.3) is 0 Å². The number of hydrogen-bond acceptors (Lipinski definition) is 7. The average Bonchev–Trinajstić information content (AvgIpc) is 3.41. The number of ether oxygens (including phenoxy) is 1. The van der Waals surface area contributed by atoms with Gasteiger partial charge in [0.1, 0.15) is 5.82 Å². The molecule has 2 aromatic heterocycles. The highest BCUT2D eigenvalue weighted by molar-refractivity contribution is 7.99. The van der Waals surface area contributed by atoms with Gasteiger partial charge in [-0.25, -0.2) is 18.1 Å². The molecule has 0 aliphatic carbocycles. The Morgan fingerprint density at radius 1 is 1.24 bits per heavy atom. The third-order valence-corrected chi connectivity index (χ3v) is 8.24. The minimum atomic E-state index is -3.60. The summed E-state index contributed by atoms with van der Waals surface area (Å²) in [4.78, 5) is 17.4. The van der Waals surface area contributed by atoms with E-state index in [-0.39, 0.29) is 22.6 Å². The van der Waals surface area contributed by atoms with Crippen LogP contribution in [0.5, 0.6) is 0 Å². The molecule has 1 aliphatic rings. The highest BCUT2D eigenvalue weighted by Gasteiger charge is 2.27. The lowest BCUT2D eigenvalue weighted by Gasteiger charge is -2.26. The van der Waals surface area contributed by atoms with Crippen LogP contribution in [0.25, 0.3) is 11.0 Å². The molecule has 1 fully saturated rings. The number of nitrogens with zero attached hydrogens (tertiary/aromatic N) is 5. The van der Waals surface area contributed by atoms with Crippen molar-refractivity contribution in [3.8, 4) is 0 Å². The number of anilines is 1. The van der Waals surface area contributed by atoms with E-state index in [0.717, 1.165) is 5.52 Å². The first-order valence-corrected chi connectivity index (χ1v) is 13.3. The van der Waals surface area contributed by atoms with Crippen LogP contribution in [0, 0.1) is 0 Å². The Labute approximate surface area is 197 Å². The molecule has 0 saturated carbocycles. The lowest BCUT2D eigenvalue weighted by Crippen LogP contribution is -2.40. The van der Waals surface area contributed by atoms with Gasteiger partial charge in [0, 0.05) is 31.7 Å². The van der Waals surface area contributed by atoms with Crippen molar-refractivity contribution >= 4 is 44.5 Å². The first-order valence-electron chi connectivity index (χ1n) is 10.9. The van der Waals surface area contributed by atoms with E-state index >= 15 is 0 Å². The Morgan fingerprint density at radius 2 is 2.00 bits per heavy atom. The number of carbonyl (C=O) groups is 1. The summed E-state index contributed by atoms with van der Waals surface area (Å²) in [5.74, 6) is 0.663. The summed E-state index contributed by atoms with van der Waals surface area (Å²) in [6, 6.07) is 6.91. The van der Waals surface area contributed by atoms with Crippen LogP contribution < -0.4 is 5.32 Å². The van der Waals surface area contributed by atoms with Crippen LogP contribution in [-0.2, 0) is 26.1 Å². The number of carbonyl (C=O) groups excluding carboxylic acids is 1. The summed E-state index contributed by atoms with van der Waals surface area (Å²) < 4.78 is 36.5. The largest absolute Gasteiger partial charge is 0.379 e. The summed E-state index contributed by atoms with van der Waals surface area (Å²) in [5, 5.41) is 7.78. The lowest BCUT2D eigenvalue weighted by atomic mass is 10.3. The van der Waals surface area contributed by atoms with Gasteiger partial charge >= 0.3 is 0 Å². The maximum atomic E-state index is 13.0. The van der Waals surface area contributed by atoms with E-state index < -0.39 is 10.0 Å². The number of fused-ring (bicyclic) bond motifs is 1. The van der Waals surface area contributed by atoms with E-state index in [4.69, 9.17) is 4.74 Å². The van der Waals surface area contributed by atoms with Gasteiger partial charge in [-0.3, -0.25) is 4.79 Å². The molecule has 0 unspecified atom stereocenters. The fourth-order valence-corrected chi connectivity index (χ4v) is 6.04. The van der Waals surface area contributed by atoms with Crippen LogP contribution in [-0.4, -0.2) is 70.0 Å². The van der Waals surface area contributed by atoms with Crippen LogP contribution in [0.2, 0.25) is 0 Å². The molecule has 0 spiro atoms. The predicted octanol–water partition coefficient (Wildman–Crippen LogP) is 2.59. The Balaban J connectivity index is 1.52. The average molecular weight is 493 g/mol. The molecule has 12 heteroatoms. The Hall–Kier alpha value is -2.41. The first-order chi connectivity index (χ1) is 15.8. The molecule has 33 heavy (non-hydrogen) atoms. The van der Waals surface area contributed by atoms with Crippen molar-refractivity contribution in [3.05, 3.63) is 30.5 Å². The van der Waals surface area contributed by atoms with Gasteiger partial charge in [-0.15, -0.1) is 0 Å². The number of thioether (sulfide) groups is 1. The molecule has 0 atom stereocenters. The molecule has 0 bridgehead atoms. The van der Waals surface area contributed by atoms with Crippen molar-refractivity contribution in [2.75, 3.05) is 37.4 Å². The van der Waals surface area contributed by atoms with Gasteiger partial charge in [-0.1, -0.05) is 11.8 Å². The highest BCUT2D eigenvalue weighted by atomic mass is 32.2. The fraction of sp³-hybridized carbons (Fsp3) is 0.476. The smallest absolute Gasteiger partial charge is 0.243 e. The number of morpholine rings is 1. The minimum absolute atomic E-state index is 0.134. The molecule has 1 N–H and O–H groups in total. The van der Waals surface area contributed by atoms with Crippen molar-refractivity contribution in [1.29, 1.82) is 0 Å². The normalized spacial score (nSPS) is 15.4. The number of aromatic nitrogens is 4. The number of rotatable bonds is 8. The SMILES string of the molecule is CCn1c(SCC(=O)Nc2ccnn2C(C)C)nc2cc(S(=O)(=O)N3CCOCC3)ccc21. The predicted molar refractivity (Wildman–Crippen MR) is 127 cm³/mol. The van der Waals surface area contributed by atoms with E-state index in [0.29, 0.717) is 49.3 Å². The molecule has 3 heterocycles. The highest BCUT2D eigenvalue weighted by Crippen LogP contribution is 2.28. The maximum absolute atomic E-state index is 13.0. The standard InChI is InChI=1S/C21H28N6O4S2/c1-4-26-18-6-5-16(33(29,30)25-9-11-31-12-10-25)13-17(18)23-21(26)32-14-20(28)24-19-7-8-22-27(19)15(2)3/h5-8,13,15H,4,9-12,14H2,1-3H3,(H,24,28). The second-order valence-electron chi connectivity index (χ2n) is 7.90. The van der Waals surface area contributed by atoms with E-state index in [2.05, 4.69) is 15.4 Å². The van der Waals surface area contributed by atoms with E-state index in [1.54, 1.807) is 35.1 Å². The second kappa shape index (κ2) is 9.84. The molecule has 4 rings (SSSR count). The van der Waals surface area contributed by atoms with Crippen molar-refractivity contribution in [3.63, 3.8) is 0 Å². The minimum Gasteiger partial charge on any atom is -0.379 e. The molecular formula is C21H28N6O4S2. The Bertz CT molecular complexity index is 1240. The number of amides is 1. The molecule has 10 nitrogen and oxygen atoms in total. The van der Waals surface area contributed by atoms with Crippen LogP contribution in [0.4, 0.5) is 5.82 Å². The molecule has 1 aliphatic heterocycles. The van der Waals surface area contributed by atoms with Gasteiger partial charge < -0.3 is 14.6 Å². The monoisotopic (exact) mass is 492 g/mol. The number of hydrogen-bond donors (Lipinski definition) is 1. The van der Waals surface area contributed by atoms with Gasteiger partial charge in [-0.2, -0.15) is 9.40 Å². The van der Waals surface area contributed by atoms with E-state index in [9.17, 15) is 13.2 Å². The topological polar surface area (TPSA) is 111 Å². The summed E-state index contributed by atoms with van der Waals surface area (Å²) in [6.07, 6.45) is 1.65. The van der Waals surface area contributed by atoms with Gasteiger partial charge in [0.15, 0.2) is 5.16 Å². The van der Waals surface area contributed by atoms with Crippen molar-refractivity contribution in [1.82, 2.24) is 23.6 Å². The number of sulfonamides is 1. The zero-order chi connectivity index (χ0) is 23.6. The van der Waals surface area contributed by atoms with E-state index in [1.165, 1.54) is 16.1 Å². The molecule has 1 amide bonds. The molecule has 3 aromatic rings. The maximum Gasteiger partial charge on any atom is 0.243 e. The summed E-state index contributed by atoms with van der Waals surface area (Å²) in [7, 11) is -3.60. The number of nitrogens with one attached hydrogen (secondary N) is 1. The molecule has 1 saturated heterocycles. The summed E-state index contributed by atoms with van der Waals surface area (Å²) in [6.45, 7) is 8.11. The summed E-state index contributed by atoms with van der Waals surface area (Å²) in [5.41, 5.74) is 1.42. The van der Waals surface area contributed by atoms with Crippen LogP contribution in [0.15, 0.2) is 40.5 Å². The van der Waals surface area contributed by atoms with Crippen LogP contribution in [0.1, 0.15) is 26.8 Å². The fourth-order valence-electron chi connectivity index (χ4n) is 3.73. The zero-order valence-electron chi connectivity index (χ0n) is 18.9. The third-order valence-electron chi connectivity index (χ3n) is 5.37. The quantitative estimate of drug-likeness (QED) is 0.481. The number of benzene rings is 1. The van der Waals surface area contributed by atoms with E-state index in [1.807, 2.05) is 25.3 Å². The molecule has 1 aromatic carbocycles. The van der Waals surface area contributed by atoms with Gasteiger partial charge in [0.05, 0.1) is 41.1 Å². The Morgan fingerprint density at radius 3 is 2.70 bits per heavy atom. The summed E-state index contributed by atoms with van der Waals surface area (Å²) >= 11 is 1.32. The van der Waals surface area contributed by atoms with Crippen LogP contribution in [0.3, 0.4) is 0 Å². The van der Waals surface area contributed by atoms with Gasteiger partial charge in [-0.05, 0) is 39.0 Å². The van der Waals surface area contributed by atoms with Crippen molar-refractivity contribution in [2.45, 2.75) is 43.4 Å².